The van der Waals surface area contributed by atoms with Crippen LogP contribution in [0.1, 0.15) is 12.0 Å². The van der Waals surface area contributed by atoms with Crippen LogP contribution in [0, 0.1) is 0 Å². The van der Waals surface area contributed by atoms with Crippen molar-refractivity contribution in [3.8, 4) is 5.75 Å². The Morgan fingerprint density at radius 3 is 2.57 bits per heavy atom. The number of amides is 2. The van der Waals surface area contributed by atoms with Gasteiger partial charge in [-0.2, -0.15) is 0 Å². The minimum Gasteiger partial charge on any atom is -0.497 e. The van der Waals surface area contributed by atoms with Gasteiger partial charge in [-0.3, -0.25) is 20.4 Å². The Labute approximate surface area is 177 Å². The number of nitrogens with one attached hydrogen (secondary N) is 3. The van der Waals surface area contributed by atoms with Gasteiger partial charge in [0.1, 0.15) is 5.75 Å². The van der Waals surface area contributed by atoms with Crippen molar-refractivity contribution in [2.45, 2.75) is 6.42 Å². The van der Waals surface area contributed by atoms with Gasteiger partial charge in [-0.15, -0.1) is 0 Å². The van der Waals surface area contributed by atoms with E-state index in [1.165, 1.54) is 16.7 Å². The topological polar surface area (TPSA) is 75.1 Å². The minimum atomic E-state index is -0.380. The van der Waals surface area contributed by atoms with E-state index >= 15 is 0 Å². The van der Waals surface area contributed by atoms with Gasteiger partial charge in [0.25, 0.3) is 5.91 Å². The third-order valence-electron chi connectivity index (χ3n) is 5.14. The van der Waals surface area contributed by atoms with Crippen LogP contribution in [0.25, 0.3) is 6.08 Å². The van der Waals surface area contributed by atoms with Crippen LogP contribution in [0.2, 0.25) is 0 Å². The molecular weight excluding hydrogens is 380 g/mol. The average Bonchev–Trinajstić information content (AvgIpc) is 2.81. The van der Waals surface area contributed by atoms with Gasteiger partial charge in [0.05, 0.1) is 46.3 Å². The van der Waals surface area contributed by atoms with Crippen LogP contribution >= 0.6 is 0 Å². The number of methoxy groups -OCH3 is 1. The molecule has 0 atom stereocenters. The van der Waals surface area contributed by atoms with Crippen LogP contribution in [0.3, 0.4) is 0 Å². The zero-order valence-corrected chi connectivity index (χ0v) is 17.3. The number of ether oxygens (including phenoxy) is 1. The van der Waals surface area contributed by atoms with Crippen LogP contribution in [0.15, 0.2) is 60.7 Å². The Hall–Kier alpha value is -3.32. The first-order valence-electron chi connectivity index (χ1n) is 10.2. The summed E-state index contributed by atoms with van der Waals surface area (Å²) in [4.78, 5) is 27.7. The van der Waals surface area contributed by atoms with E-state index < -0.39 is 0 Å². The number of hydrogen-bond acceptors (Lipinski definition) is 4. The fraction of sp³-hybridized carbons (Fsp3) is 0.304. The largest absolute Gasteiger partial charge is 0.497 e. The quantitative estimate of drug-likeness (QED) is 0.464. The molecule has 7 heteroatoms. The van der Waals surface area contributed by atoms with Crippen molar-refractivity contribution in [1.29, 1.82) is 0 Å². The number of carbonyl (C=O) groups excluding carboxylic acids is 2. The molecule has 158 valence electrons. The second kappa shape index (κ2) is 11.0. The lowest BCUT2D eigenvalue weighted by Crippen LogP contribution is -3.15. The molecule has 0 aliphatic carbocycles. The summed E-state index contributed by atoms with van der Waals surface area (Å²) in [7, 11) is 1.59. The van der Waals surface area contributed by atoms with Crippen molar-refractivity contribution in [1.82, 2.24) is 10.9 Å². The molecule has 1 aliphatic heterocycles. The molecule has 0 radical (unpaired) electrons. The molecular formula is C23H29N4O3+. The number of para-hydroxylation sites is 1. The lowest BCUT2D eigenvalue weighted by atomic mass is 10.2. The first kappa shape index (κ1) is 21.4. The van der Waals surface area contributed by atoms with Gasteiger partial charge in [-0.1, -0.05) is 30.3 Å². The van der Waals surface area contributed by atoms with Crippen LogP contribution in [-0.4, -0.2) is 51.6 Å². The number of anilines is 1. The number of hydrogen-bond donors (Lipinski definition) is 3. The van der Waals surface area contributed by atoms with Gasteiger partial charge < -0.3 is 14.5 Å². The number of piperazine rings is 1. The average molecular weight is 410 g/mol. The first-order chi connectivity index (χ1) is 14.6. The summed E-state index contributed by atoms with van der Waals surface area (Å²) in [5.74, 6) is 0.157. The Morgan fingerprint density at radius 2 is 1.83 bits per heavy atom. The van der Waals surface area contributed by atoms with Crippen molar-refractivity contribution >= 4 is 23.6 Å². The SMILES string of the molecule is COc1cccc(/C=C/C(=O)NNC(=O)CC[NH+]2CCN(c3ccccc3)CC2)c1. The van der Waals surface area contributed by atoms with Crippen LogP contribution in [-0.2, 0) is 9.59 Å². The van der Waals surface area contributed by atoms with E-state index in [-0.39, 0.29) is 11.8 Å². The molecule has 0 unspecified atom stereocenters. The highest BCUT2D eigenvalue weighted by Gasteiger charge is 2.20. The number of nitrogens with zero attached hydrogens (tertiary/aromatic N) is 1. The molecule has 1 saturated heterocycles. The second-order valence-electron chi connectivity index (χ2n) is 7.22. The van der Waals surface area contributed by atoms with Crippen molar-refractivity contribution in [3.05, 3.63) is 66.2 Å². The number of quaternary nitrogens is 1. The Bertz CT molecular complexity index is 862. The fourth-order valence-electron chi connectivity index (χ4n) is 3.41. The maximum atomic E-state index is 12.0. The second-order valence-corrected chi connectivity index (χ2v) is 7.22. The molecule has 1 fully saturated rings. The minimum absolute atomic E-state index is 0.184. The number of hydrazine groups is 1. The number of benzene rings is 2. The number of rotatable bonds is 7. The highest BCUT2D eigenvalue weighted by atomic mass is 16.5. The predicted octanol–water partition coefficient (Wildman–Crippen LogP) is 0.651. The molecule has 0 aromatic heterocycles. The molecule has 3 N–H and O–H groups in total. The fourth-order valence-corrected chi connectivity index (χ4v) is 3.41. The molecule has 2 aromatic rings. The van der Waals surface area contributed by atoms with Crippen LogP contribution < -0.4 is 25.4 Å². The maximum absolute atomic E-state index is 12.0. The number of carbonyl (C=O) groups is 2. The first-order valence-corrected chi connectivity index (χ1v) is 10.2. The van der Waals surface area contributed by atoms with Crippen LogP contribution in [0.4, 0.5) is 5.69 Å². The lowest BCUT2D eigenvalue weighted by molar-refractivity contribution is -0.900. The smallest absolute Gasteiger partial charge is 0.262 e. The summed E-state index contributed by atoms with van der Waals surface area (Å²) in [6, 6.07) is 17.8. The van der Waals surface area contributed by atoms with Crippen molar-refractivity contribution in [2.75, 3.05) is 44.7 Å². The van der Waals surface area contributed by atoms with Gasteiger partial charge >= 0.3 is 0 Å². The molecule has 3 rings (SSSR count). The maximum Gasteiger partial charge on any atom is 0.262 e. The van der Waals surface area contributed by atoms with Gasteiger partial charge in [-0.25, -0.2) is 0 Å². The Morgan fingerprint density at radius 1 is 1.07 bits per heavy atom. The summed E-state index contributed by atoms with van der Waals surface area (Å²) in [5.41, 5.74) is 6.99. The zero-order valence-electron chi connectivity index (χ0n) is 17.3. The van der Waals surface area contributed by atoms with E-state index in [9.17, 15) is 9.59 Å². The molecule has 2 aromatic carbocycles. The zero-order chi connectivity index (χ0) is 21.2. The van der Waals surface area contributed by atoms with E-state index in [2.05, 4.69) is 40.0 Å². The summed E-state index contributed by atoms with van der Waals surface area (Å²) < 4.78 is 5.15. The van der Waals surface area contributed by atoms with E-state index in [1.54, 1.807) is 13.2 Å². The Balaban J connectivity index is 1.33. The summed E-state index contributed by atoms with van der Waals surface area (Å²) >= 11 is 0. The van der Waals surface area contributed by atoms with E-state index in [0.717, 1.165) is 44.0 Å². The van der Waals surface area contributed by atoms with Gasteiger partial charge in [0, 0.05) is 11.8 Å². The van der Waals surface area contributed by atoms with E-state index in [1.807, 2.05) is 30.3 Å². The third kappa shape index (κ3) is 6.63. The molecule has 0 spiro atoms. The molecule has 0 saturated carbocycles. The molecule has 30 heavy (non-hydrogen) atoms. The molecule has 2 amide bonds. The standard InChI is InChI=1S/C23H28N4O3/c1-30-21-9-5-6-19(18-21)10-11-22(28)24-25-23(29)12-13-26-14-16-27(17-15-26)20-7-3-2-4-8-20/h2-11,18H,12-17H2,1H3,(H,24,28)(H,25,29)/p+1/b11-10+. The van der Waals surface area contributed by atoms with E-state index in [0.29, 0.717) is 6.42 Å². The van der Waals surface area contributed by atoms with Crippen molar-refractivity contribution in [3.63, 3.8) is 0 Å². The van der Waals surface area contributed by atoms with E-state index in [4.69, 9.17) is 4.74 Å². The highest BCUT2D eigenvalue weighted by Crippen LogP contribution is 2.13. The highest BCUT2D eigenvalue weighted by molar-refractivity contribution is 5.93. The lowest BCUT2D eigenvalue weighted by Gasteiger charge is -2.33. The summed E-state index contributed by atoms with van der Waals surface area (Å²) in [5, 5.41) is 0. The molecule has 1 aliphatic rings. The van der Waals surface area contributed by atoms with Crippen molar-refractivity contribution in [2.24, 2.45) is 0 Å². The van der Waals surface area contributed by atoms with Crippen LogP contribution in [0.5, 0.6) is 5.75 Å². The monoisotopic (exact) mass is 409 g/mol. The molecule has 0 bridgehead atoms. The molecule has 1 heterocycles. The molecule has 7 nitrogen and oxygen atoms in total. The van der Waals surface area contributed by atoms with Gasteiger partial charge in [0.2, 0.25) is 5.91 Å². The van der Waals surface area contributed by atoms with Gasteiger partial charge in [0.15, 0.2) is 0 Å². The van der Waals surface area contributed by atoms with Crippen molar-refractivity contribution < 1.29 is 19.2 Å². The predicted molar refractivity (Wildman–Crippen MR) is 117 cm³/mol. The normalized spacial score (nSPS) is 14.5. The summed E-state index contributed by atoms with van der Waals surface area (Å²) in [6.45, 7) is 4.71. The Kier molecular flexibility index (Phi) is 7.86. The third-order valence-corrected chi connectivity index (χ3v) is 5.14. The van der Waals surface area contributed by atoms with Gasteiger partial charge in [-0.05, 0) is 35.9 Å². The summed E-state index contributed by atoms with van der Waals surface area (Å²) in [6.07, 6.45) is 3.42.